The number of ether oxygens (including phenoxy) is 2. The maximum Gasteiger partial charge on any atom is 0.270 e. The number of nitrogens with zero attached hydrogens (tertiary/aromatic N) is 2. The maximum absolute atomic E-state index is 11.0. The Morgan fingerprint density at radius 2 is 1.70 bits per heavy atom. The van der Waals surface area contributed by atoms with E-state index >= 15 is 0 Å². The summed E-state index contributed by atoms with van der Waals surface area (Å²) in [7, 11) is -4.14. The second kappa shape index (κ2) is 4.57. The molecule has 2 aromatic rings. The van der Waals surface area contributed by atoms with Gasteiger partial charge in [-0.2, -0.15) is 8.42 Å². The summed E-state index contributed by atoms with van der Waals surface area (Å²) >= 11 is 0. The second-order valence-corrected chi connectivity index (χ2v) is 5.92. The Bertz CT molecular complexity index is 788. The zero-order valence-electron chi connectivity index (χ0n) is 10.7. The van der Waals surface area contributed by atoms with Gasteiger partial charge in [0, 0.05) is 12.1 Å². The monoisotopic (exact) mass is 296 g/mol. The van der Waals surface area contributed by atoms with E-state index < -0.39 is 15.9 Å². The van der Waals surface area contributed by atoms with Crippen LogP contribution in [0.5, 0.6) is 11.5 Å². The van der Waals surface area contributed by atoms with Crippen LogP contribution >= 0.6 is 0 Å². The van der Waals surface area contributed by atoms with Crippen LogP contribution in [0.15, 0.2) is 12.1 Å². The lowest BCUT2D eigenvalue weighted by molar-refractivity contribution is 0.172. The highest BCUT2D eigenvalue weighted by atomic mass is 32.2. The molecule has 0 amide bonds. The zero-order valence-corrected chi connectivity index (χ0v) is 11.5. The summed E-state index contributed by atoms with van der Waals surface area (Å²) in [5, 5.41) is 0. The molecule has 0 fully saturated rings. The van der Waals surface area contributed by atoms with Crippen molar-refractivity contribution in [3.05, 3.63) is 23.5 Å². The van der Waals surface area contributed by atoms with E-state index in [2.05, 4.69) is 9.97 Å². The molecule has 0 spiro atoms. The molecule has 0 saturated heterocycles. The molecule has 0 bridgehead atoms. The predicted octanol–water partition coefficient (Wildman–Crippen LogP) is 1.10. The Labute approximate surface area is 115 Å². The molecule has 106 valence electrons. The van der Waals surface area contributed by atoms with Gasteiger partial charge in [-0.25, -0.2) is 9.97 Å². The standard InChI is InChI=1S/C12H12N2O5S/c1-7-10(6-20(15,16)17)14-9-5-12-11(4-8(9)13-7)18-2-3-19-12/h4-5H,2-3,6H2,1H3,(H,15,16,17). The maximum atomic E-state index is 11.0. The Morgan fingerprint density at radius 1 is 1.15 bits per heavy atom. The fraction of sp³-hybridized carbons (Fsp3) is 0.333. The summed E-state index contributed by atoms with van der Waals surface area (Å²) in [4.78, 5) is 8.53. The van der Waals surface area contributed by atoms with E-state index in [0.717, 1.165) is 0 Å². The SMILES string of the molecule is Cc1nc2cc3c(cc2nc1CS(=O)(=O)O)OCCO3. The van der Waals surface area contributed by atoms with Gasteiger partial charge in [-0.3, -0.25) is 4.55 Å². The number of hydrogen-bond donors (Lipinski definition) is 1. The molecule has 3 rings (SSSR count). The van der Waals surface area contributed by atoms with Crippen LogP contribution in [0, 0.1) is 6.92 Å². The van der Waals surface area contributed by atoms with E-state index in [1.165, 1.54) is 0 Å². The van der Waals surface area contributed by atoms with Crippen LogP contribution < -0.4 is 9.47 Å². The highest BCUT2D eigenvalue weighted by Crippen LogP contribution is 2.33. The van der Waals surface area contributed by atoms with Gasteiger partial charge in [0.2, 0.25) is 0 Å². The summed E-state index contributed by atoms with van der Waals surface area (Å²) in [5.41, 5.74) is 1.76. The summed E-state index contributed by atoms with van der Waals surface area (Å²) in [6.45, 7) is 2.57. The Hall–Kier alpha value is -1.93. The molecule has 8 heteroatoms. The number of hydrogen-bond acceptors (Lipinski definition) is 6. The third kappa shape index (κ3) is 2.52. The Kier molecular flexibility index (Phi) is 2.98. The van der Waals surface area contributed by atoms with Crippen molar-refractivity contribution < 1.29 is 22.4 Å². The van der Waals surface area contributed by atoms with Crippen molar-refractivity contribution in [2.45, 2.75) is 12.7 Å². The van der Waals surface area contributed by atoms with Crippen LogP contribution in [-0.4, -0.2) is 36.2 Å². The molecule has 0 saturated carbocycles. The van der Waals surface area contributed by atoms with Gasteiger partial charge in [0.1, 0.15) is 19.0 Å². The van der Waals surface area contributed by atoms with Gasteiger partial charge in [0.25, 0.3) is 10.1 Å². The lowest BCUT2D eigenvalue weighted by Gasteiger charge is -2.18. The van der Waals surface area contributed by atoms with Gasteiger partial charge in [-0.1, -0.05) is 0 Å². The normalized spacial score (nSPS) is 14.5. The van der Waals surface area contributed by atoms with Crippen molar-refractivity contribution in [1.82, 2.24) is 9.97 Å². The molecule has 20 heavy (non-hydrogen) atoms. The predicted molar refractivity (Wildman–Crippen MR) is 70.5 cm³/mol. The number of rotatable bonds is 2. The van der Waals surface area contributed by atoms with Crippen LogP contribution in [0.4, 0.5) is 0 Å². The minimum Gasteiger partial charge on any atom is -0.486 e. The topological polar surface area (TPSA) is 98.6 Å². The minimum atomic E-state index is -4.14. The van der Waals surface area contributed by atoms with Crippen molar-refractivity contribution >= 4 is 21.2 Å². The van der Waals surface area contributed by atoms with E-state index in [1.54, 1.807) is 19.1 Å². The van der Waals surface area contributed by atoms with Gasteiger partial charge < -0.3 is 9.47 Å². The van der Waals surface area contributed by atoms with E-state index in [9.17, 15) is 8.42 Å². The number of fused-ring (bicyclic) bond motifs is 2. The minimum absolute atomic E-state index is 0.219. The molecule has 0 atom stereocenters. The van der Waals surface area contributed by atoms with Crippen molar-refractivity contribution in [2.75, 3.05) is 13.2 Å². The summed E-state index contributed by atoms with van der Waals surface area (Å²) < 4.78 is 41.7. The van der Waals surface area contributed by atoms with Crippen molar-refractivity contribution in [2.24, 2.45) is 0 Å². The molecule has 1 N–H and O–H groups in total. The van der Waals surface area contributed by atoms with Gasteiger partial charge in [0.05, 0.1) is 22.4 Å². The highest BCUT2D eigenvalue weighted by molar-refractivity contribution is 7.85. The van der Waals surface area contributed by atoms with Crippen molar-refractivity contribution in [3.63, 3.8) is 0 Å². The quantitative estimate of drug-likeness (QED) is 0.828. The van der Waals surface area contributed by atoms with Crippen molar-refractivity contribution in [3.8, 4) is 11.5 Å². The van der Waals surface area contributed by atoms with E-state index in [4.69, 9.17) is 14.0 Å². The molecule has 1 aromatic heterocycles. The smallest absolute Gasteiger partial charge is 0.270 e. The molecule has 0 unspecified atom stereocenters. The molecule has 2 heterocycles. The fourth-order valence-electron chi connectivity index (χ4n) is 2.03. The zero-order chi connectivity index (χ0) is 14.3. The Balaban J connectivity index is 2.14. The van der Waals surface area contributed by atoms with Crippen molar-refractivity contribution in [1.29, 1.82) is 0 Å². The summed E-state index contributed by atoms with van der Waals surface area (Å²) in [5.74, 6) is 0.593. The van der Waals surface area contributed by atoms with Crippen LogP contribution in [0.3, 0.4) is 0 Å². The van der Waals surface area contributed by atoms with E-state index in [1.807, 2.05) is 0 Å². The van der Waals surface area contributed by atoms with E-state index in [0.29, 0.717) is 41.4 Å². The lowest BCUT2D eigenvalue weighted by atomic mass is 10.2. The highest BCUT2D eigenvalue weighted by Gasteiger charge is 2.17. The van der Waals surface area contributed by atoms with Gasteiger partial charge in [-0.15, -0.1) is 0 Å². The van der Waals surface area contributed by atoms with Gasteiger partial charge in [-0.05, 0) is 6.92 Å². The number of benzene rings is 1. The second-order valence-electron chi connectivity index (χ2n) is 4.47. The van der Waals surface area contributed by atoms with E-state index in [-0.39, 0.29) is 5.69 Å². The average molecular weight is 296 g/mol. The Morgan fingerprint density at radius 3 is 2.25 bits per heavy atom. The first-order chi connectivity index (χ1) is 9.42. The molecule has 1 aliphatic rings. The van der Waals surface area contributed by atoms with Gasteiger partial charge >= 0.3 is 0 Å². The number of aryl methyl sites for hydroxylation is 1. The first-order valence-electron chi connectivity index (χ1n) is 5.94. The molecular formula is C12H12N2O5S. The summed E-state index contributed by atoms with van der Waals surface area (Å²) in [6.07, 6.45) is 0. The first kappa shape index (κ1) is 13.1. The average Bonchev–Trinajstić information content (AvgIpc) is 2.36. The molecule has 1 aliphatic heterocycles. The third-order valence-electron chi connectivity index (χ3n) is 2.92. The largest absolute Gasteiger partial charge is 0.486 e. The van der Waals surface area contributed by atoms with Gasteiger partial charge in [0.15, 0.2) is 11.5 Å². The van der Waals surface area contributed by atoms with Crippen LogP contribution in [0.1, 0.15) is 11.4 Å². The molecule has 7 nitrogen and oxygen atoms in total. The lowest BCUT2D eigenvalue weighted by Crippen LogP contribution is -2.15. The number of aromatic nitrogens is 2. The molecule has 0 radical (unpaired) electrons. The molecular weight excluding hydrogens is 284 g/mol. The van der Waals surface area contributed by atoms with Crippen LogP contribution in [-0.2, 0) is 15.9 Å². The van der Waals surface area contributed by atoms with Crippen LogP contribution in [0.2, 0.25) is 0 Å². The summed E-state index contributed by atoms with van der Waals surface area (Å²) in [6, 6.07) is 3.37. The van der Waals surface area contributed by atoms with Crippen LogP contribution in [0.25, 0.3) is 11.0 Å². The first-order valence-corrected chi connectivity index (χ1v) is 7.55. The third-order valence-corrected chi connectivity index (χ3v) is 3.56. The molecule has 1 aromatic carbocycles. The fourth-order valence-corrected chi connectivity index (χ4v) is 2.65. The molecule has 0 aliphatic carbocycles.